The van der Waals surface area contributed by atoms with E-state index in [0.29, 0.717) is 30.3 Å². The maximum atomic E-state index is 12.7. The van der Waals surface area contributed by atoms with E-state index in [0.717, 1.165) is 23.4 Å². The zero-order valence-electron chi connectivity index (χ0n) is 17.7. The van der Waals surface area contributed by atoms with Gasteiger partial charge in [-0.25, -0.2) is 0 Å². The Balaban J connectivity index is 1.70. The number of nitrogen functional groups attached to an aromatic ring is 1. The lowest BCUT2D eigenvalue weighted by Crippen LogP contribution is -2.62. The van der Waals surface area contributed by atoms with Gasteiger partial charge in [0.25, 0.3) is 0 Å². The highest BCUT2D eigenvalue weighted by Crippen LogP contribution is 2.35. The lowest BCUT2D eigenvalue weighted by atomic mass is 10.1. The fraction of sp³-hybridized carbons (Fsp3) is 0.364. The van der Waals surface area contributed by atoms with E-state index in [4.69, 9.17) is 52.8 Å². The number of anilines is 3. The Kier molecular flexibility index (Phi) is 8.33. The van der Waals surface area contributed by atoms with Crippen LogP contribution in [0.4, 0.5) is 17.1 Å². The first-order valence-corrected chi connectivity index (χ1v) is 11.8. The molecule has 2 aromatic rings. The summed E-state index contributed by atoms with van der Waals surface area (Å²) in [6.07, 6.45) is 0.678. The molecular formula is C22H26Cl3N5OS. The molecule has 4 N–H and O–H groups in total. The first kappa shape index (κ1) is 24.7. The van der Waals surface area contributed by atoms with Crippen molar-refractivity contribution >= 4 is 75.1 Å². The van der Waals surface area contributed by atoms with Gasteiger partial charge in [-0.3, -0.25) is 4.79 Å². The van der Waals surface area contributed by atoms with Crippen LogP contribution in [0.3, 0.4) is 0 Å². The molecule has 0 aliphatic carbocycles. The van der Waals surface area contributed by atoms with Gasteiger partial charge >= 0.3 is 0 Å². The summed E-state index contributed by atoms with van der Waals surface area (Å²) in [6, 6.07) is 15.4. The Labute approximate surface area is 209 Å². The molecule has 1 unspecified atom stereocenters. The average molecular weight is 515 g/mol. The van der Waals surface area contributed by atoms with Crippen molar-refractivity contribution in [1.29, 1.82) is 0 Å². The summed E-state index contributed by atoms with van der Waals surface area (Å²) in [4.78, 5) is 16.4. The summed E-state index contributed by atoms with van der Waals surface area (Å²) in [6.45, 7) is 1.24. The lowest BCUT2D eigenvalue weighted by Gasteiger charge is -2.44. The van der Waals surface area contributed by atoms with Gasteiger partial charge in [0.1, 0.15) is 0 Å². The van der Waals surface area contributed by atoms with E-state index < -0.39 is 9.96 Å². The number of nitrogens with one attached hydrogen (secondary N) is 2. The van der Waals surface area contributed by atoms with Gasteiger partial charge < -0.3 is 26.2 Å². The van der Waals surface area contributed by atoms with Gasteiger partial charge in [-0.15, -0.1) is 0 Å². The Morgan fingerprint density at radius 1 is 1.16 bits per heavy atom. The Morgan fingerprint density at radius 3 is 2.47 bits per heavy atom. The number of carbonyl (C=O) groups excluding carboxylic acids is 1. The third-order valence-corrected chi connectivity index (χ3v) is 6.36. The maximum absolute atomic E-state index is 12.7. The molecule has 0 radical (unpaired) electrons. The molecule has 1 amide bonds. The Bertz CT molecular complexity index is 951. The fourth-order valence-corrected chi connectivity index (χ4v) is 4.50. The lowest BCUT2D eigenvalue weighted by molar-refractivity contribution is -0.122. The van der Waals surface area contributed by atoms with E-state index in [1.165, 1.54) is 0 Å². The van der Waals surface area contributed by atoms with E-state index in [1.54, 1.807) is 4.90 Å². The topological polar surface area (TPSA) is 73.6 Å². The fourth-order valence-electron chi connectivity index (χ4n) is 3.60. The predicted octanol–water partition coefficient (Wildman–Crippen LogP) is 4.55. The SMILES string of the molecule is CNc1ccc(CCC(=O)NC(N2CCCN(c3ccccc3N)C2=S)C(Cl)(Cl)Cl)cc1. The van der Waals surface area contributed by atoms with Crippen LogP contribution >= 0.6 is 47.0 Å². The highest BCUT2D eigenvalue weighted by molar-refractivity contribution is 7.80. The van der Waals surface area contributed by atoms with Crippen LogP contribution in [0, 0.1) is 0 Å². The van der Waals surface area contributed by atoms with Crippen molar-refractivity contribution < 1.29 is 4.79 Å². The van der Waals surface area contributed by atoms with E-state index in [1.807, 2.05) is 60.5 Å². The second kappa shape index (κ2) is 10.8. The number of aryl methyl sites for hydroxylation is 1. The second-order valence-corrected chi connectivity index (χ2v) is 10.2. The maximum Gasteiger partial charge on any atom is 0.228 e. The van der Waals surface area contributed by atoms with E-state index in [2.05, 4.69) is 10.6 Å². The van der Waals surface area contributed by atoms with Crippen LogP contribution < -0.4 is 21.3 Å². The molecule has 6 nitrogen and oxygen atoms in total. The highest BCUT2D eigenvalue weighted by Gasteiger charge is 2.42. The molecule has 0 saturated carbocycles. The third-order valence-electron chi connectivity index (χ3n) is 5.29. The number of benzene rings is 2. The summed E-state index contributed by atoms with van der Waals surface area (Å²) in [7, 11) is 1.86. The molecule has 1 aliphatic rings. The van der Waals surface area contributed by atoms with Gasteiger partial charge in [-0.05, 0) is 54.9 Å². The number of para-hydroxylation sites is 2. The van der Waals surface area contributed by atoms with E-state index in [-0.39, 0.29) is 12.3 Å². The van der Waals surface area contributed by atoms with Gasteiger partial charge in [0.15, 0.2) is 11.3 Å². The summed E-state index contributed by atoms with van der Waals surface area (Å²) in [5.74, 6) is -0.224. The quantitative estimate of drug-likeness (QED) is 0.286. The molecule has 0 aromatic heterocycles. The average Bonchev–Trinajstić information content (AvgIpc) is 2.77. The van der Waals surface area contributed by atoms with Crippen molar-refractivity contribution in [2.45, 2.75) is 29.2 Å². The minimum atomic E-state index is -1.78. The van der Waals surface area contributed by atoms with Crippen LogP contribution in [0.5, 0.6) is 0 Å². The summed E-state index contributed by atoms with van der Waals surface area (Å²) in [5, 5.41) is 6.39. The van der Waals surface area contributed by atoms with Gasteiger partial charge in [-0.1, -0.05) is 59.1 Å². The third kappa shape index (κ3) is 6.10. The molecule has 172 valence electrons. The molecule has 0 spiro atoms. The van der Waals surface area contributed by atoms with Crippen molar-refractivity contribution in [3.63, 3.8) is 0 Å². The zero-order chi connectivity index (χ0) is 23.3. The number of nitrogens with two attached hydrogens (primary N) is 1. The largest absolute Gasteiger partial charge is 0.397 e. The van der Waals surface area contributed by atoms with Crippen molar-refractivity contribution in [2.24, 2.45) is 0 Å². The van der Waals surface area contributed by atoms with Crippen molar-refractivity contribution in [2.75, 3.05) is 36.1 Å². The first-order valence-electron chi connectivity index (χ1n) is 10.3. The molecular weight excluding hydrogens is 489 g/mol. The molecule has 1 aliphatic heterocycles. The smallest absolute Gasteiger partial charge is 0.228 e. The Hall–Kier alpha value is -1.93. The van der Waals surface area contributed by atoms with Crippen molar-refractivity contribution in [3.8, 4) is 0 Å². The summed E-state index contributed by atoms with van der Waals surface area (Å²) >= 11 is 24.6. The van der Waals surface area contributed by atoms with Crippen LogP contribution in [-0.4, -0.2) is 46.0 Å². The number of halogens is 3. The normalized spacial score (nSPS) is 15.4. The molecule has 1 heterocycles. The van der Waals surface area contributed by atoms with Gasteiger partial charge in [-0.2, -0.15) is 0 Å². The predicted molar refractivity (Wildman–Crippen MR) is 139 cm³/mol. The van der Waals surface area contributed by atoms with Crippen molar-refractivity contribution in [1.82, 2.24) is 10.2 Å². The number of amides is 1. The molecule has 3 rings (SSSR count). The minimum Gasteiger partial charge on any atom is -0.397 e. The van der Waals surface area contributed by atoms with E-state index in [9.17, 15) is 4.79 Å². The number of hydrogen-bond donors (Lipinski definition) is 3. The Morgan fingerprint density at radius 2 is 1.84 bits per heavy atom. The number of alkyl halides is 3. The monoisotopic (exact) mass is 513 g/mol. The molecule has 2 aromatic carbocycles. The molecule has 0 bridgehead atoms. The van der Waals surface area contributed by atoms with Gasteiger partial charge in [0.05, 0.1) is 11.4 Å². The molecule has 1 atom stereocenters. The van der Waals surface area contributed by atoms with Crippen LogP contribution in [-0.2, 0) is 11.2 Å². The summed E-state index contributed by atoms with van der Waals surface area (Å²) in [5.41, 5.74) is 9.60. The molecule has 10 heteroatoms. The zero-order valence-corrected chi connectivity index (χ0v) is 20.7. The van der Waals surface area contributed by atoms with Gasteiger partial charge in [0.2, 0.25) is 9.70 Å². The van der Waals surface area contributed by atoms with Gasteiger partial charge in [0, 0.05) is 32.2 Å². The van der Waals surface area contributed by atoms with Crippen LogP contribution in [0.1, 0.15) is 18.4 Å². The van der Waals surface area contributed by atoms with Crippen LogP contribution in [0.2, 0.25) is 0 Å². The van der Waals surface area contributed by atoms with E-state index >= 15 is 0 Å². The standard InChI is InChI=1S/C22H26Cl3N5OS/c1-27-16-10-7-15(8-11-16)9-12-19(31)28-20(22(23,24)25)30-14-4-13-29(21(30)32)18-6-3-2-5-17(18)26/h2-3,5-8,10-11,20,27H,4,9,12-14,26H2,1H3,(H,28,31). The number of carbonyl (C=O) groups is 1. The van der Waals surface area contributed by atoms with Crippen LogP contribution in [0.15, 0.2) is 48.5 Å². The molecule has 1 saturated heterocycles. The molecule has 1 fully saturated rings. The number of hydrogen-bond acceptors (Lipinski definition) is 4. The van der Waals surface area contributed by atoms with Crippen LogP contribution in [0.25, 0.3) is 0 Å². The second-order valence-electron chi connectivity index (χ2n) is 7.50. The number of rotatable bonds is 7. The minimum absolute atomic E-state index is 0.224. The first-order chi connectivity index (χ1) is 15.2. The highest BCUT2D eigenvalue weighted by atomic mass is 35.6. The number of thiocarbonyl (C=S) groups is 1. The summed E-state index contributed by atoms with van der Waals surface area (Å²) < 4.78 is -1.78. The van der Waals surface area contributed by atoms with Crippen molar-refractivity contribution in [3.05, 3.63) is 54.1 Å². The molecule has 32 heavy (non-hydrogen) atoms. The number of nitrogens with zero attached hydrogens (tertiary/aromatic N) is 2.